The third kappa shape index (κ3) is 1.97. The molecule has 0 amide bonds. The van der Waals surface area contributed by atoms with Crippen LogP contribution in [0.5, 0.6) is 5.75 Å². The highest BCUT2D eigenvalue weighted by Gasteiger charge is 2.04. The van der Waals surface area contributed by atoms with Gasteiger partial charge in [-0.25, -0.2) is 0 Å². The molecule has 0 N–H and O–H groups in total. The molecule has 65 valence electrons. The van der Waals surface area contributed by atoms with E-state index in [0.29, 0.717) is 0 Å². The SMILES string of the molecule is [CH2]C(CF)c1cccc(OC)c1. The lowest BCUT2D eigenvalue weighted by Crippen LogP contribution is -1.95. The van der Waals surface area contributed by atoms with Gasteiger partial charge in [-0.1, -0.05) is 12.1 Å². The number of methoxy groups -OCH3 is 1. The summed E-state index contributed by atoms with van der Waals surface area (Å²) in [6.07, 6.45) is 0. The maximum Gasteiger partial charge on any atom is 0.119 e. The molecule has 0 heterocycles. The molecule has 0 saturated heterocycles. The Morgan fingerprint density at radius 2 is 2.33 bits per heavy atom. The molecule has 1 rings (SSSR count). The first-order valence-electron chi connectivity index (χ1n) is 3.81. The van der Waals surface area contributed by atoms with Crippen LogP contribution in [0.25, 0.3) is 0 Å². The molecule has 0 spiro atoms. The van der Waals surface area contributed by atoms with Crippen LogP contribution < -0.4 is 4.74 Å². The summed E-state index contributed by atoms with van der Waals surface area (Å²) < 4.78 is 17.2. The number of hydrogen-bond donors (Lipinski definition) is 0. The van der Waals surface area contributed by atoms with Crippen molar-refractivity contribution in [2.45, 2.75) is 5.92 Å². The Labute approximate surface area is 72.2 Å². The first kappa shape index (κ1) is 9.04. The van der Waals surface area contributed by atoms with Crippen molar-refractivity contribution < 1.29 is 9.13 Å². The molecule has 1 radical (unpaired) electrons. The second-order valence-electron chi connectivity index (χ2n) is 2.63. The Kier molecular flexibility index (Phi) is 3.09. The zero-order chi connectivity index (χ0) is 8.97. The number of ether oxygens (including phenoxy) is 1. The maximum atomic E-state index is 12.2. The van der Waals surface area contributed by atoms with Crippen molar-refractivity contribution in [3.8, 4) is 5.75 Å². The minimum atomic E-state index is -0.437. The van der Waals surface area contributed by atoms with Crippen LogP contribution >= 0.6 is 0 Å². The van der Waals surface area contributed by atoms with E-state index in [2.05, 4.69) is 6.92 Å². The number of halogens is 1. The van der Waals surface area contributed by atoms with Gasteiger partial charge in [-0.2, -0.15) is 0 Å². The van der Waals surface area contributed by atoms with E-state index in [1.807, 2.05) is 18.2 Å². The van der Waals surface area contributed by atoms with Crippen molar-refractivity contribution in [3.05, 3.63) is 36.8 Å². The standard InChI is InChI=1S/C10H12FO/c1-8(7-11)9-4-3-5-10(6-9)12-2/h3-6,8H,1,7H2,2H3. The van der Waals surface area contributed by atoms with Crippen LogP contribution in [0.4, 0.5) is 4.39 Å². The molecule has 0 aliphatic rings. The van der Waals surface area contributed by atoms with Crippen LogP contribution in [0.15, 0.2) is 24.3 Å². The normalized spacial score (nSPS) is 12.6. The lowest BCUT2D eigenvalue weighted by molar-refractivity contribution is 0.412. The van der Waals surface area contributed by atoms with E-state index in [9.17, 15) is 4.39 Å². The van der Waals surface area contributed by atoms with E-state index in [-0.39, 0.29) is 5.92 Å². The van der Waals surface area contributed by atoms with E-state index >= 15 is 0 Å². The van der Waals surface area contributed by atoms with Crippen LogP contribution in [0.1, 0.15) is 11.5 Å². The topological polar surface area (TPSA) is 9.23 Å². The van der Waals surface area contributed by atoms with Crippen molar-refractivity contribution in [1.29, 1.82) is 0 Å². The van der Waals surface area contributed by atoms with Gasteiger partial charge in [-0.15, -0.1) is 0 Å². The van der Waals surface area contributed by atoms with E-state index in [1.54, 1.807) is 13.2 Å². The first-order valence-corrected chi connectivity index (χ1v) is 3.81. The zero-order valence-corrected chi connectivity index (χ0v) is 7.09. The van der Waals surface area contributed by atoms with E-state index in [4.69, 9.17) is 4.74 Å². The average molecular weight is 167 g/mol. The molecule has 0 fully saturated rings. The molecule has 1 aromatic rings. The number of benzene rings is 1. The minimum absolute atomic E-state index is 0.292. The summed E-state index contributed by atoms with van der Waals surface area (Å²) in [5.74, 6) is 0.453. The predicted molar refractivity (Wildman–Crippen MR) is 47.1 cm³/mol. The molecule has 12 heavy (non-hydrogen) atoms. The van der Waals surface area contributed by atoms with Gasteiger partial charge in [-0.3, -0.25) is 4.39 Å². The third-order valence-corrected chi connectivity index (χ3v) is 1.75. The lowest BCUT2D eigenvalue weighted by atomic mass is 10.0. The fourth-order valence-electron chi connectivity index (χ4n) is 0.985. The summed E-state index contributed by atoms with van der Waals surface area (Å²) >= 11 is 0. The van der Waals surface area contributed by atoms with Crippen molar-refractivity contribution >= 4 is 0 Å². The summed E-state index contributed by atoms with van der Waals surface area (Å²) in [4.78, 5) is 0. The maximum absolute atomic E-state index is 12.2. The molecule has 0 aliphatic heterocycles. The Bertz CT molecular complexity index is 247. The average Bonchev–Trinajstić information content (AvgIpc) is 2.17. The second-order valence-corrected chi connectivity index (χ2v) is 2.63. The van der Waals surface area contributed by atoms with E-state index in [0.717, 1.165) is 11.3 Å². The smallest absolute Gasteiger partial charge is 0.119 e. The molecular weight excluding hydrogens is 155 g/mol. The second kappa shape index (κ2) is 4.10. The van der Waals surface area contributed by atoms with Crippen LogP contribution in [-0.2, 0) is 0 Å². The molecule has 1 aromatic carbocycles. The summed E-state index contributed by atoms with van der Waals surface area (Å²) in [6.45, 7) is 3.23. The number of hydrogen-bond acceptors (Lipinski definition) is 1. The van der Waals surface area contributed by atoms with Gasteiger partial charge in [0, 0.05) is 5.92 Å². The fourth-order valence-corrected chi connectivity index (χ4v) is 0.985. The predicted octanol–water partition coefficient (Wildman–Crippen LogP) is 2.58. The fraction of sp³-hybridized carbons (Fsp3) is 0.300. The molecule has 0 aliphatic carbocycles. The molecule has 2 heteroatoms. The molecular formula is C10H12FO. The largest absolute Gasteiger partial charge is 0.497 e. The van der Waals surface area contributed by atoms with Gasteiger partial charge >= 0.3 is 0 Å². The van der Waals surface area contributed by atoms with Gasteiger partial charge in [0.15, 0.2) is 0 Å². The van der Waals surface area contributed by atoms with Crippen molar-refractivity contribution in [1.82, 2.24) is 0 Å². The number of alkyl halides is 1. The summed E-state index contributed by atoms with van der Waals surface area (Å²) in [7, 11) is 1.59. The summed E-state index contributed by atoms with van der Waals surface area (Å²) in [5.41, 5.74) is 0.872. The highest BCUT2D eigenvalue weighted by molar-refractivity contribution is 5.31. The third-order valence-electron chi connectivity index (χ3n) is 1.75. The molecule has 1 atom stereocenters. The van der Waals surface area contributed by atoms with Crippen LogP contribution in [0, 0.1) is 6.92 Å². The van der Waals surface area contributed by atoms with Gasteiger partial charge < -0.3 is 4.74 Å². The summed E-state index contributed by atoms with van der Waals surface area (Å²) in [5, 5.41) is 0. The Hall–Kier alpha value is -1.05. The molecule has 0 bridgehead atoms. The molecule has 0 aromatic heterocycles. The molecule has 1 nitrogen and oxygen atoms in total. The first-order chi connectivity index (χ1) is 5.77. The van der Waals surface area contributed by atoms with Crippen molar-refractivity contribution in [3.63, 3.8) is 0 Å². The number of rotatable bonds is 3. The van der Waals surface area contributed by atoms with Gasteiger partial charge in [0.2, 0.25) is 0 Å². The van der Waals surface area contributed by atoms with Crippen LogP contribution in [0.3, 0.4) is 0 Å². The highest BCUT2D eigenvalue weighted by atomic mass is 19.1. The molecule has 1 unspecified atom stereocenters. The van der Waals surface area contributed by atoms with E-state index in [1.165, 1.54) is 0 Å². The van der Waals surface area contributed by atoms with Crippen LogP contribution in [0.2, 0.25) is 0 Å². The van der Waals surface area contributed by atoms with Gasteiger partial charge in [-0.05, 0) is 24.6 Å². The van der Waals surface area contributed by atoms with Crippen molar-refractivity contribution in [2.24, 2.45) is 0 Å². The lowest BCUT2D eigenvalue weighted by Gasteiger charge is -2.07. The van der Waals surface area contributed by atoms with Gasteiger partial charge in [0.25, 0.3) is 0 Å². The van der Waals surface area contributed by atoms with E-state index < -0.39 is 6.67 Å². The highest BCUT2D eigenvalue weighted by Crippen LogP contribution is 2.20. The molecule has 0 saturated carbocycles. The van der Waals surface area contributed by atoms with Gasteiger partial charge in [0.1, 0.15) is 5.75 Å². The zero-order valence-electron chi connectivity index (χ0n) is 7.09. The Balaban J connectivity index is 2.86. The Morgan fingerprint density at radius 1 is 1.58 bits per heavy atom. The van der Waals surface area contributed by atoms with Crippen LogP contribution in [-0.4, -0.2) is 13.8 Å². The quantitative estimate of drug-likeness (QED) is 0.672. The van der Waals surface area contributed by atoms with Crippen molar-refractivity contribution in [2.75, 3.05) is 13.8 Å². The van der Waals surface area contributed by atoms with Gasteiger partial charge in [0.05, 0.1) is 13.8 Å². The Morgan fingerprint density at radius 3 is 2.92 bits per heavy atom. The monoisotopic (exact) mass is 167 g/mol. The minimum Gasteiger partial charge on any atom is -0.497 e. The summed E-state index contributed by atoms with van der Waals surface area (Å²) in [6, 6.07) is 7.31.